The first kappa shape index (κ1) is 20.5. The molecule has 4 rings (SSSR count). The Bertz CT molecular complexity index is 1160. The van der Waals surface area contributed by atoms with E-state index in [1.54, 1.807) is 36.7 Å². The summed E-state index contributed by atoms with van der Waals surface area (Å²) in [6, 6.07) is 10.6. The Labute approximate surface area is 179 Å². The summed E-state index contributed by atoms with van der Waals surface area (Å²) >= 11 is 1.38. The summed E-state index contributed by atoms with van der Waals surface area (Å²) in [6.07, 6.45) is 6.69. The van der Waals surface area contributed by atoms with Gasteiger partial charge in [-0.25, -0.2) is 8.42 Å². The van der Waals surface area contributed by atoms with Crippen molar-refractivity contribution in [2.75, 3.05) is 11.0 Å². The average molecular weight is 444 g/mol. The van der Waals surface area contributed by atoms with Crippen molar-refractivity contribution in [3.63, 3.8) is 0 Å². The second-order valence-corrected chi connectivity index (χ2v) is 10.3. The Morgan fingerprint density at radius 1 is 1.20 bits per heavy atom. The summed E-state index contributed by atoms with van der Waals surface area (Å²) in [5.41, 5.74) is 1.83. The van der Waals surface area contributed by atoms with Gasteiger partial charge >= 0.3 is 0 Å². The number of hydrogen-bond donors (Lipinski definition) is 1. The molecule has 1 aromatic carbocycles. The van der Waals surface area contributed by atoms with Crippen LogP contribution in [0.1, 0.15) is 36.2 Å². The maximum absolute atomic E-state index is 12.9. The SMILES string of the molecule is CC(Sc1nnc(-c2cccnc2)n1C1CC1)C(=O)c1ccc(NS(C)(=O)=O)cc1. The van der Waals surface area contributed by atoms with E-state index in [2.05, 4.69) is 24.5 Å². The van der Waals surface area contributed by atoms with Crippen LogP contribution in [0, 0.1) is 0 Å². The van der Waals surface area contributed by atoms with E-state index in [1.165, 1.54) is 11.8 Å². The fraction of sp³-hybridized carbons (Fsp3) is 0.300. The number of carbonyl (C=O) groups is 1. The smallest absolute Gasteiger partial charge is 0.229 e. The number of ketones is 1. The van der Waals surface area contributed by atoms with Gasteiger partial charge in [-0.2, -0.15) is 0 Å². The van der Waals surface area contributed by atoms with Crippen LogP contribution in [0.25, 0.3) is 11.4 Å². The molecule has 0 saturated heterocycles. The number of hydrogen-bond acceptors (Lipinski definition) is 7. The van der Waals surface area contributed by atoms with Crippen molar-refractivity contribution in [1.29, 1.82) is 0 Å². The zero-order chi connectivity index (χ0) is 21.3. The topological polar surface area (TPSA) is 107 Å². The van der Waals surface area contributed by atoms with Crippen LogP contribution in [0.15, 0.2) is 53.9 Å². The maximum Gasteiger partial charge on any atom is 0.229 e. The van der Waals surface area contributed by atoms with Gasteiger partial charge < -0.3 is 0 Å². The molecule has 10 heteroatoms. The van der Waals surface area contributed by atoms with E-state index < -0.39 is 10.0 Å². The molecule has 1 aliphatic rings. The van der Waals surface area contributed by atoms with E-state index in [0.29, 0.717) is 22.4 Å². The Morgan fingerprint density at radius 3 is 2.53 bits per heavy atom. The summed E-state index contributed by atoms with van der Waals surface area (Å²) in [4.78, 5) is 17.1. The minimum absolute atomic E-state index is 0.0563. The number of benzene rings is 1. The van der Waals surface area contributed by atoms with E-state index >= 15 is 0 Å². The number of sulfonamides is 1. The number of nitrogens with zero attached hydrogens (tertiary/aromatic N) is 4. The number of carbonyl (C=O) groups excluding carboxylic acids is 1. The van der Waals surface area contributed by atoms with Crippen LogP contribution in [0.3, 0.4) is 0 Å². The molecule has 0 aliphatic heterocycles. The summed E-state index contributed by atoms with van der Waals surface area (Å²) in [7, 11) is -3.36. The largest absolute Gasteiger partial charge is 0.299 e. The molecule has 1 atom stereocenters. The van der Waals surface area contributed by atoms with Crippen molar-refractivity contribution in [1.82, 2.24) is 19.7 Å². The first-order chi connectivity index (χ1) is 14.3. The van der Waals surface area contributed by atoms with Crippen LogP contribution in [0.2, 0.25) is 0 Å². The van der Waals surface area contributed by atoms with Gasteiger partial charge in [-0.15, -0.1) is 10.2 Å². The Kier molecular flexibility index (Phi) is 5.61. The summed E-state index contributed by atoms with van der Waals surface area (Å²) in [5, 5.41) is 9.04. The lowest BCUT2D eigenvalue weighted by Gasteiger charge is -2.13. The highest BCUT2D eigenvalue weighted by Gasteiger charge is 2.31. The van der Waals surface area contributed by atoms with Crippen molar-refractivity contribution in [3.05, 3.63) is 54.4 Å². The first-order valence-electron chi connectivity index (χ1n) is 9.46. The molecule has 1 aliphatic carbocycles. The number of aromatic nitrogens is 4. The van der Waals surface area contributed by atoms with Gasteiger partial charge in [-0.3, -0.25) is 19.1 Å². The third kappa shape index (κ3) is 4.71. The molecule has 3 aromatic rings. The molecule has 8 nitrogen and oxygen atoms in total. The van der Waals surface area contributed by atoms with Crippen LogP contribution in [-0.4, -0.2) is 45.5 Å². The van der Waals surface area contributed by atoms with Crippen LogP contribution in [-0.2, 0) is 10.0 Å². The first-order valence-corrected chi connectivity index (χ1v) is 12.2. The van der Waals surface area contributed by atoms with E-state index in [4.69, 9.17) is 0 Å². The van der Waals surface area contributed by atoms with E-state index in [0.717, 1.165) is 30.5 Å². The normalized spacial score (nSPS) is 15.0. The fourth-order valence-corrected chi connectivity index (χ4v) is 4.63. The summed E-state index contributed by atoms with van der Waals surface area (Å²) in [6.45, 7) is 1.84. The van der Waals surface area contributed by atoms with E-state index in [9.17, 15) is 13.2 Å². The van der Waals surface area contributed by atoms with E-state index in [-0.39, 0.29) is 11.0 Å². The number of rotatable bonds is 8. The van der Waals surface area contributed by atoms with Crippen LogP contribution < -0.4 is 4.72 Å². The third-order valence-electron chi connectivity index (χ3n) is 4.62. The molecule has 0 amide bonds. The van der Waals surface area contributed by atoms with Gasteiger partial charge in [0, 0.05) is 35.2 Å². The predicted octanol–water partition coefficient (Wildman–Crippen LogP) is 3.41. The second-order valence-electron chi connectivity index (χ2n) is 7.22. The molecular formula is C20H21N5O3S2. The molecule has 1 N–H and O–H groups in total. The number of nitrogens with one attached hydrogen (secondary N) is 1. The lowest BCUT2D eigenvalue weighted by Crippen LogP contribution is -2.15. The van der Waals surface area contributed by atoms with Gasteiger partial charge in [0.15, 0.2) is 16.8 Å². The van der Waals surface area contributed by atoms with Crippen LogP contribution in [0.4, 0.5) is 5.69 Å². The number of Topliss-reactive ketones (excluding diaryl/α,β-unsaturated/α-hetero) is 1. The summed E-state index contributed by atoms with van der Waals surface area (Å²) in [5.74, 6) is 0.711. The minimum atomic E-state index is -3.36. The molecule has 30 heavy (non-hydrogen) atoms. The lowest BCUT2D eigenvalue weighted by atomic mass is 10.1. The van der Waals surface area contributed by atoms with Crippen molar-refractivity contribution in [2.45, 2.75) is 36.2 Å². The monoisotopic (exact) mass is 443 g/mol. The van der Waals surface area contributed by atoms with Crippen molar-refractivity contribution in [3.8, 4) is 11.4 Å². The molecule has 0 spiro atoms. The highest BCUT2D eigenvalue weighted by Crippen LogP contribution is 2.41. The van der Waals surface area contributed by atoms with Gasteiger partial charge in [0.2, 0.25) is 10.0 Å². The maximum atomic E-state index is 12.9. The number of thioether (sulfide) groups is 1. The van der Waals surface area contributed by atoms with Crippen molar-refractivity contribution < 1.29 is 13.2 Å². The molecule has 1 saturated carbocycles. The zero-order valence-electron chi connectivity index (χ0n) is 16.5. The molecule has 2 aromatic heterocycles. The minimum Gasteiger partial charge on any atom is -0.299 e. The standard InChI is InChI=1S/C20H21N5O3S2/c1-13(18(26)14-5-7-16(8-6-14)24-30(2,27)28)29-20-23-22-19(25(20)17-9-10-17)15-4-3-11-21-12-15/h3-8,11-13,17,24H,9-10H2,1-2H3. The Morgan fingerprint density at radius 2 is 1.93 bits per heavy atom. The third-order valence-corrected chi connectivity index (χ3v) is 6.28. The van der Waals surface area contributed by atoms with Crippen LogP contribution in [0.5, 0.6) is 0 Å². The van der Waals surface area contributed by atoms with E-state index in [1.807, 2.05) is 19.1 Å². The quantitative estimate of drug-likeness (QED) is 0.420. The number of pyridine rings is 1. The highest BCUT2D eigenvalue weighted by molar-refractivity contribution is 8.00. The van der Waals surface area contributed by atoms with Crippen molar-refractivity contribution >= 4 is 33.3 Å². The molecule has 0 radical (unpaired) electrons. The van der Waals surface area contributed by atoms with Gasteiger partial charge in [0.1, 0.15) is 0 Å². The van der Waals surface area contributed by atoms with Gasteiger partial charge in [0.05, 0.1) is 11.5 Å². The van der Waals surface area contributed by atoms with Crippen molar-refractivity contribution in [2.24, 2.45) is 0 Å². The molecule has 2 heterocycles. The molecule has 1 unspecified atom stereocenters. The molecule has 1 fully saturated rings. The average Bonchev–Trinajstić information content (AvgIpc) is 3.47. The number of anilines is 1. The van der Waals surface area contributed by atoms with Gasteiger partial charge in [-0.05, 0) is 56.2 Å². The predicted molar refractivity (Wildman–Crippen MR) is 116 cm³/mol. The Balaban J connectivity index is 1.52. The van der Waals surface area contributed by atoms with Gasteiger partial charge in [-0.1, -0.05) is 11.8 Å². The molecule has 0 bridgehead atoms. The van der Waals surface area contributed by atoms with Crippen LogP contribution >= 0.6 is 11.8 Å². The fourth-order valence-electron chi connectivity index (χ4n) is 3.07. The highest BCUT2D eigenvalue weighted by atomic mass is 32.2. The second kappa shape index (κ2) is 8.19. The lowest BCUT2D eigenvalue weighted by molar-refractivity contribution is 0.0994. The van der Waals surface area contributed by atoms with Gasteiger partial charge in [0.25, 0.3) is 0 Å². The molecule has 156 valence electrons. The molecular weight excluding hydrogens is 422 g/mol. The Hall–Kier alpha value is -2.72. The summed E-state index contributed by atoms with van der Waals surface area (Å²) < 4.78 is 27.1. The zero-order valence-corrected chi connectivity index (χ0v) is 18.2.